The number of likely N-dealkylation sites (N-methyl/N-ethyl adjacent to an activating group) is 1. The number of hydrogen-bond acceptors (Lipinski definition) is 6. The summed E-state index contributed by atoms with van der Waals surface area (Å²) < 4.78 is 37.9. The van der Waals surface area contributed by atoms with Gasteiger partial charge in [-0.2, -0.15) is 4.31 Å². The molecule has 10 heteroatoms. The maximum absolute atomic E-state index is 13.7. The van der Waals surface area contributed by atoms with Gasteiger partial charge < -0.3 is 24.3 Å². The Morgan fingerprint density at radius 1 is 1.16 bits per heavy atom. The molecular formula is C27H34N4O5S. The van der Waals surface area contributed by atoms with Gasteiger partial charge in [-0.3, -0.25) is 4.79 Å². The zero-order valence-electron chi connectivity index (χ0n) is 21.8. The van der Waals surface area contributed by atoms with E-state index in [0.717, 1.165) is 48.6 Å². The smallest absolute Gasteiger partial charge is 0.270 e. The molecule has 0 radical (unpaired) electrons. The highest BCUT2D eigenvalue weighted by molar-refractivity contribution is 7.88. The predicted molar refractivity (Wildman–Crippen MR) is 138 cm³/mol. The van der Waals surface area contributed by atoms with Gasteiger partial charge in [-0.15, -0.1) is 0 Å². The molecule has 2 bridgehead atoms. The molecule has 7 rings (SSSR count). The molecule has 4 heterocycles. The fourth-order valence-corrected chi connectivity index (χ4v) is 8.86. The maximum Gasteiger partial charge on any atom is 0.270 e. The van der Waals surface area contributed by atoms with Gasteiger partial charge >= 0.3 is 0 Å². The van der Waals surface area contributed by atoms with E-state index in [9.17, 15) is 13.2 Å². The van der Waals surface area contributed by atoms with Crippen LogP contribution in [0.15, 0.2) is 12.1 Å². The summed E-state index contributed by atoms with van der Waals surface area (Å²) in [7, 11) is 0.684. The summed E-state index contributed by atoms with van der Waals surface area (Å²) in [5, 5.41) is 0. The Bertz CT molecular complexity index is 1430. The van der Waals surface area contributed by atoms with Crippen molar-refractivity contribution in [1.29, 1.82) is 0 Å². The Hall–Kier alpha value is -2.56. The van der Waals surface area contributed by atoms with Crippen molar-refractivity contribution in [3.8, 4) is 11.5 Å². The summed E-state index contributed by atoms with van der Waals surface area (Å²) in [4.78, 5) is 21.5. The molecule has 1 amide bonds. The molecule has 2 aromatic rings. The topological polar surface area (TPSA) is 95.2 Å². The number of carbonyl (C=O) groups is 1. The Morgan fingerprint density at radius 3 is 2.62 bits per heavy atom. The number of sulfonamides is 1. The van der Waals surface area contributed by atoms with Crippen molar-refractivity contribution in [2.24, 2.45) is 5.92 Å². The van der Waals surface area contributed by atoms with Crippen molar-refractivity contribution in [3.05, 3.63) is 45.8 Å². The van der Waals surface area contributed by atoms with E-state index in [2.05, 4.69) is 23.0 Å². The molecule has 5 aliphatic rings. The van der Waals surface area contributed by atoms with Crippen LogP contribution in [0.1, 0.15) is 51.0 Å². The number of nitrogens with one attached hydrogen (secondary N) is 1. The summed E-state index contributed by atoms with van der Waals surface area (Å²) in [5.41, 5.74) is 6.41. The van der Waals surface area contributed by atoms with E-state index >= 15 is 0 Å². The number of likely N-dealkylation sites (tertiary alicyclic amines) is 1. The van der Waals surface area contributed by atoms with Crippen LogP contribution in [-0.4, -0.2) is 92.6 Å². The average molecular weight is 527 g/mol. The van der Waals surface area contributed by atoms with E-state index in [-0.39, 0.29) is 17.4 Å². The number of H-pyrrole nitrogens is 1. The van der Waals surface area contributed by atoms with Gasteiger partial charge in [0, 0.05) is 43.2 Å². The summed E-state index contributed by atoms with van der Waals surface area (Å²) in [6, 6.07) is 4.68. The number of rotatable bonds is 3. The Kier molecular flexibility index (Phi) is 4.92. The highest BCUT2D eigenvalue weighted by Gasteiger charge is 2.65. The molecular weight excluding hydrogens is 492 g/mol. The Labute approximate surface area is 217 Å². The minimum Gasteiger partial charge on any atom is -0.493 e. The summed E-state index contributed by atoms with van der Waals surface area (Å²) in [6.45, 7) is 4.49. The summed E-state index contributed by atoms with van der Waals surface area (Å²) in [6.07, 6.45) is 3.97. The molecule has 1 N–H and O–H groups in total. The fraction of sp³-hybridized carbons (Fsp3) is 0.593. The van der Waals surface area contributed by atoms with E-state index < -0.39 is 10.0 Å². The van der Waals surface area contributed by atoms with Gasteiger partial charge in [0.05, 0.1) is 19.1 Å². The quantitative estimate of drug-likeness (QED) is 0.656. The van der Waals surface area contributed by atoms with Gasteiger partial charge in [-0.1, -0.05) is 6.07 Å². The lowest BCUT2D eigenvalue weighted by atomic mass is 9.51. The number of methoxy groups -OCH3 is 1. The van der Waals surface area contributed by atoms with Gasteiger partial charge in [0.1, 0.15) is 11.8 Å². The third kappa shape index (κ3) is 3.03. The first kappa shape index (κ1) is 23.5. The number of aromatic nitrogens is 1. The van der Waals surface area contributed by atoms with Crippen molar-refractivity contribution in [2.45, 2.75) is 43.7 Å². The van der Waals surface area contributed by atoms with Gasteiger partial charge in [-0.25, -0.2) is 8.42 Å². The molecule has 2 saturated heterocycles. The summed E-state index contributed by atoms with van der Waals surface area (Å²) >= 11 is 0. The molecule has 37 heavy (non-hydrogen) atoms. The number of piperidine rings is 1. The van der Waals surface area contributed by atoms with Gasteiger partial charge in [0.2, 0.25) is 10.0 Å². The normalized spacial score (nSPS) is 30.5. The lowest BCUT2D eigenvalue weighted by molar-refractivity contribution is -0.0256. The van der Waals surface area contributed by atoms with Crippen LogP contribution in [0.3, 0.4) is 0 Å². The number of carbonyl (C=O) groups excluding carboxylic acids is 1. The van der Waals surface area contributed by atoms with Crippen LogP contribution in [-0.2, 0) is 28.3 Å². The zero-order valence-corrected chi connectivity index (χ0v) is 22.7. The van der Waals surface area contributed by atoms with E-state index in [0.29, 0.717) is 43.8 Å². The van der Waals surface area contributed by atoms with E-state index in [1.807, 2.05) is 13.0 Å². The minimum absolute atomic E-state index is 0.0607. The van der Waals surface area contributed by atoms with Crippen LogP contribution < -0.4 is 9.47 Å². The Morgan fingerprint density at radius 2 is 1.92 bits per heavy atom. The number of nitrogens with zero attached hydrogens (tertiary/aromatic N) is 3. The second-order valence-corrected chi connectivity index (χ2v) is 13.4. The molecule has 0 saturated carbocycles. The van der Waals surface area contributed by atoms with Crippen molar-refractivity contribution in [2.75, 3.05) is 53.1 Å². The van der Waals surface area contributed by atoms with Crippen LogP contribution in [0, 0.1) is 12.8 Å². The zero-order chi connectivity index (χ0) is 25.9. The first-order valence-corrected chi connectivity index (χ1v) is 15.0. The van der Waals surface area contributed by atoms with Crippen LogP contribution in [0.4, 0.5) is 0 Å². The van der Waals surface area contributed by atoms with Crippen LogP contribution in [0.5, 0.6) is 11.5 Å². The van der Waals surface area contributed by atoms with E-state index in [4.69, 9.17) is 9.47 Å². The van der Waals surface area contributed by atoms with E-state index in [1.54, 1.807) is 12.0 Å². The maximum atomic E-state index is 13.7. The molecule has 9 nitrogen and oxygen atoms in total. The third-order valence-corrected chi connectivity index (χ3v) is 11.2. The highest BCUT2D eigenvalue weighted by atomic mass is 32.2. The van der Waals surface area contributed by atoms with Crippen LogP contribution >= 0.6 is 0 Å². The third-order valence-electron chi connectivity index (χ3n) is 9.90. The second kappa shape index (κ2) is 7.74. The van der Waals surface area contributed by atoms with Crippen LogP contribution in [0.25, 0.3) is 0 Å². The largest absolute Gasteiger partial charge is 0.493 e. The predicted octanol–water partition coefficient (Wildman–Crippen LogP) is 1.85. The van der Waals surface area contributed by atoms with Crippen molar-refractivity contribution in [3.63, 3.8) is 0 Å². The molecule has 2 aliphatic carbocycles. The monoisotopic (exact) mass is 526 g/mol. The first-order chi connectivity index (χ1) is 17.6. The minimum atomic E-state index is -3.25. The first-order valence-electron chi connectivity index (χ1n) is 13.2. The molecule has 1 aromatic carbocycles. The highest BCUT2D eigenvalue weighted by Crippen LogP contribution is 2.67. The van der Waals surface area contributed by atoms with Crippen molar-refractivity contribution >= 4 is 15.9 Å². The van der Waals surface area contributed by atoms with Crippen molar-refractivity contribution < 1.29 is 22.7 Å². The number of aromatic amines is 1. The molecule has 2 fully saturated rings. The van der Waals surface area contributed by atoms with Gasteiger partial charge in [-0.05, 0) is 68.5 Å². The number of fused-ring (bicyclic) bond motifs is 2. The standard InChI is InChI=1S/C27H34N4O5S/c1-15-17-14-18-19-13-16-5-6-20(35-3)24-21(16)27(18,7-8-29(19)2)25(36-24)23(17)28-22(15)26(32)30-9-11-31(12-10-30)37(4,33)34/h5-6,18-19,25,28H,7-14H2,1-4H3/t18?,19-,25+,27+/m1/s1. The number of ether oxygens (including phenoxy) is 2. The van der Waals surface area contributed by atoms with E-state index in [1.165, 1.54) is 27.3 Å². The van der Waals surface area contributed by atoms with Gasteiger partial charge in [0.25, 0.3) is 5.91 Å². The molecule has 198 valence electrons. The van der Waals surface area contributed by atoms with Gasteiger partial charge in [0.15, 0.2) is 11.5 Å². The lowest BCUT2D eigenvalue weighted by Gasteiger charge is -2.57. The Balaban J connectivity index is 1.30. The molecule has 1 unspecified atom stereocenters. The van der Waals surface area contributed by atoms with Crippen molar-refractivity contribution in [1.82, 2.24) is 19.1 Å². The number of piperazine rings is 1. The molecule has 1 aromatic heterocycles. The average Bonchev–Trinajstić information content (AvgIpc) is 3.40. The second-order valence-electron chi connectivity index (χ2n) is 11.5. The molecule has 3 aliphatic heterocycles. The molecule has 1 spiro atoms. The SMILES string of the molecule is COc1ccc2c3c1O[C@H]1c4[nH]c(C(=O)N5CCN(S(C)(=O)=O)CC5)c(C)c4CC4[C@@H](C2)N(C)CC[C@@]341. The number of amides is 1. The number of benzene rings is 1. The lowest BCUT2D eigenvalue weighted by Crippen LogP contribution is -2.62. The molecule has 4 atom stereocenters. The van der Waals surface area contributed by atoms with Crippen LogP contribution in [0.2, 0.25) is 0 Å². The fourth-order valence-electron chi connectivity index (χ4n) is 8.03. The number of hydrogen-bond donors (Lipinski definition) is 1. The summed E-state index contributed by atoms with van der Waals surface area (Å²) in [5.74, 6) is 2.00.